The average molecular weight is 556 g/mol. The molecule has 36 heavy (non-hydrogen) atoms. The van der Waals surface area contributed by atoms with Crippen LogP contribution in [0.15, 0.2) is 36.6 Å². The van der Waals surface area contributed by atoms with E-state index < -0.39 is 40.3 Å². The number of nitrogens with zero attached hydrogens (tertiary/aromatic N) is 4. The van der Waals surface area contributed by atoms with E-state index >= 15 is 0 Å². The van der Waals surface area contributed by atoms with Gasteiger partial charge in [-0.25, -0.2) is 14.6 Å². The van der Waals surface area contributed by atoms with Gasteiger partial charge < -0.3 is 21.0 Å². The fourth-order valence-electron chi connectivity index (χ4n) is 3.48. The Morgan fingerprint density at radius 1 is 1.42 bits per heavy atom. The maximum atomic E-state index is 12.9. The highest BCUT2D eigenvalue weighted by molar-refractivity contribution is 8.01. The van der Waals surface area contributed by atoms with Crippen LogP contribution in [0, 0.1) is 0 Å². The molecule has 18 heteroatoms. The van der Waals surface area contributed by atoms with Crippen LogP contribution in [0.5, 0.6) is 0 Å². The second-order valence-electron chi connectivity index (χ2n) is 7.36. The van der Waals surface area contributed by atoms with Crippen LogP contribution in [0.1, 0.15) is 5.69 Å². The second-order valence-corrected chi connectivity index (χ2v) is 10.3. The van der Waals surface area contributed by atoms with Crippen molar-refractivity contribution in [3.05, 3.63) is 43.1 Å². The number of nitrogens with one attached hydrogen (secondary N) is 3. The fraction of sp³-hybridized carbons (Fsp3) is 0.333. The lowest BCUT2D eigenvalue weighted by molar-refractivity contribution is -0.771. The monoisotopic (exact) mass is 555 g/mol. The number of H-pyrrole nitrogens is 2. The molecule has 0 saturated carbocycles. The molecule has 0 aliphatic carbocycles. The summed E-state index contributed by atoms with van der Waals surface area (Å²) in [5.41, 5.74) is 4.22. The minimum absolute atomic E-state index is 0.133. The molecule has 2 aromatic heterocycles. The van der Waals surface area contributed by atoms with E-state index in [1.54, 1.807) is 0 Å². The van der Waals surface area contributed by atoms with Crippen molar-refractivity contribution in [3.63, 3.8) is 0 Å². The lowest BCUT2D eigenvalue weighted by atomic mass is 10.0. The van der Waals surface area contributed by atoms with Crippen LogP contribution in [-0.2, 0) is 26.3 Å². The zero-order valence-electron chi connectivity index (χ0n) is 18.6. The lowest BCUT2D eigenvalue weighted by Crippen LogP contribution is -2.71. The van der Waals surface area contributed by atoms with E-state index in [1.807, 2.05) is 0 Å². The highest BCUT2D eigenvalue weighted by atomic mass is 32.2. The van der Waals surface area contributed by atoms with Gasteiger partial charge in [0.25, 0.3) is 11.8 Å². The van der Waals surface area contributed by atoms with E-state index in [-0.39, 0.29) is 33.7 Å². The maximum absolute atomic E-state index is 12.9. The molecular formula is C18H19N8O7S3+. The average Bonchev–Trinajstić information content (AvgIpc) is 3.27. The Balaban J connectivity index is 1.51. The van der Waals surface area contributed by atoms with Crippen molar-refractivity contribution >= 4 is 63.5 Å². The second kappa shape index (κ2) is 10.2. The van der Waals surface area contributed by atoms with Gasteiger partial charge in [-0.2, -0.15) is 14.8 Å². The van der Waals surface area contributed by atoms with E-state index in [2.05, 4.69) is 25.5 Å². The minimum Gasteiger partial charge on any atom is -0.477 e. The first kappa shape index (κ1) is 25.5. The molecule has 4 heterocycles. The summed E-state index contributed by atoms with van der Waals surface area (Å²) < 4.78 is 1.31. The molecular weight excluding hydrogens is 536 g/mol. The first-order valence-electron chi connectivity index (χ1n) is 10.0. The molecule has 2 atom stereocenters. The number of thioether (sulfide) groups is 2. The van der Waals surface area contributed by atoms with Crippen molar-refractivity contribution in [2.75, 3.05) is 24.3 Å². The molecule has 0 radical (unpaired) electrons. The highest BCUT2D eigenvalue weighted by Crippen LogP contribution is 2.41. The number of nitrogens with two attached hydrogens (primary N) is 1. The number of thiazole rings is 1. The summed E-state index contributed by atoms with van der Waals surface area (Å²) in [6.07, 6.45) is 0. The van der Waals surface area contributed by atoms with Crippen LogP contribution < -0.4 is 26.9 Å². The van der Waals surface area contributed by atoms with Crippen molar-refractivity contribution in [1.82, 2.24) is 25.3 Å². The fourth-order valence-corrected chi connectivity index (χ4v) is 6.45. The summed E-state index contributed by atoms with van der Waals surface area (Å²) in [4.78, 5) is 73.1. The van der Waals surface area contributed by atoms with E-state index in [9.17, 15) is 29.1 Å². The van der Waals surface area contributed by atoms with Crippen molar-refractivity contribution in [2.24, 2.45) is 12.2 Å². The van der Waals surface area contributed by atoms with Crippen LogP contribution in [0.2, 0.25) is 0 Å². The quantitative estimate of drug-likeness (QED) is 0.0588. The van der Waals surface area contributed by atoms with Crippen LogP contribution >= 0.6 is 34.9 Å². The number of hydrogen-bond donors (Lipinski definition) is 5. The number of rotatable bonds is 8. The standard InChI is InChI=1S/C18H18N8O7S3/c1-25-18(22-12(28)13(29)23-25)36-4-6-3-34-15-9(14(30)26(15)10(6)16(31)32)21-11(27)8(24-33-2)7-5-35-17(19)20-7/h5,9,15H,3-4H2,1-2H3,(H5,19,20,21,23,27,29,31,32)/p+1/b24-8+/t9-,15+/m0/s1. The molecule has 15 nitrogen and oxygen atoms in total. The summed E-state index contributed by atoms with van der Waals surface area (Å²) in [5, 5.41) is 19.8. The molecule has 6 N–H and O–H groups in total. The molecule has 0 unspecified atom stereocenters. The Morgan fingerprint density at radius 3 is 2.81 bits per heavy atom. The number of oxime groups is 1. The molecule has 2 aliphatic rings. The molecule has 1 saturated heterocycles. The van der Waals surface area contributed by atoms with E-state index in [0.717, 1.165) is 28.0 Å². The number of carbonyl (C=O) groups excluding carboxylic acids is 2. The predicted molar refractivity (Wildman–Crippen MR) is 129 cm³/mol. The van der Waals surface area contributed by atoms with Gasteiger partial charge in [0.05, 0.1) is 0 Å². The number of β-lactam (4-membered cyclic amide) rings is 1. The summed E-state index contributed by atoms with van der Waals surface area (Å²) >= 11 is 3.48. The molecule has 0 aromatic carbocycles. The minimum atomic E-state index is -1.30. The maximum Gasteiger partial charge on any atom is 0.400 e. The van der Waals surface area contributed by atoms with Gasteiger partial charge in [0, 0.05) is 16.9 Å². The number of carboxylic acids is 1. The van der Waals surface area contributed by atoms with Crippen LogP contribution in [-0.4, -0.2) is 78.6 Å². The number of anilines is 1. The van der Waals surface area contributed by atoms with Crippen LogP contribution in [0.4, 0.5) is 5.13 Å². The summed E-state index contributed by atoms with van der Waals surface area (Å²) in [7, 11) is 2.77. The van der Waals surface area contributed by atoms with Gasteiger partial charge in [-0.1, -0.05) is 5.16 Å². The van der Waals surface area contributed by atoms with Crippen molar-refractivity contribution < 1.29 is 29.0 Å². The Hall–Kier alpha value is -3.64. The van der Waals surface area contributed by atoms with Gasteiger partial charge in [0.2, 0.25) is 0 Å². The number of aromatic amines is 2. The molecule has 0 spiro atoms. The van der Waals surface area contributed by atoms with E-state index in [0.29, 0.717) is 10.7 Å². The van der Waals surface area contributed by atoms with Gasteiger partial charge >= 0.3 is 22.2 Å². The third-order valence-corrected chi connectivity index (χ3v) is 8.24. The van der Waals surface area contributed by atoms with Crippen LogP contribution in [0.3, 0.4) is 0 Å². The highest BCUT2D eigenvalue weighted by Gasteiger charge is 2.54. The number of carboxylic acid groups (broad SMARTS) is 1. The molecule has 2 amide bonds. The lowest BCUT2D eigenvalue weighted by Gasteiger charge is -2.49. The molecule has 2 aromatic rings. The van der Waals surface area contributed by atoms with Crippen molar-refractivity contribution in [2.45, 2.75) is 16.6 Å². The molecule has 4 rings (SSSR count). The van der Waals surface area contributed by atoms with Crippen molar-refractivity contribution in [3.8, 4) is 0 Å². The van der Waals surface area contributed by atoms with Gasteiger partial charge in [-0.3, -0.25) is 19.3 Å². The largest absolute Gasteiger partial charge is 0.477 e. The summed E-state index contributed by atoms with van der Waals surface area (Å²) in [6, 6.07) is -0.988. The number of aromatic nitrogens is 4. The molecule has 1 fully saturated rings. The number of carbonyl (C=O) groups is 3. The number of hydrogen-bond acceptors (Lipinski definition) is 12. The van der Waals surface area contributed by atoms with Gasteiger partial charge in [-0.05, 0) is 17.3 Å². The number of nitrogen functional groups attached to an aromatic ring is 1. The third kappa shape index (κ3) is 4.73. The Labute approximate surface area is 213 Å². The molecule has 2 aliphatic heterocycles. The Bertz CT molecular complexity index is 1430. The van der Waals surface area contributed by atoms with Gasteiger partial charge in [0.1, 0.15) is 37.0 Å². The number of fused-ring (bicyclic) bond motifs is 1. The normalized spacial score (nSPS) is 19.6. The molecule has 190 valence electrons. The number of aryl methyl sites for hydroxylation is 1. The Morgan fingerprint density at radius 2 is 2.17 bits per heavy atom. The third-order valence-electron chi connectivity index (χ3n) is 5.08. The van der Waals surface area contributed by atoms with Crippen LogP contribution in [0.25, 0.3) is 0 Å². The predicted octanol–water partition coefficient (Wildman–Crippen LogP) is -2.19. The van der Waals surface area contributed by atoms with E-state index in [1.165, 1.54) is 36.0 Å². The smallest absolute Gasteiger partial charge is 0.400 e. The molecule has 0 bridgehead atoms. The van der Waals surface area contributed by atoms with Gasteiger partial charge in [0.15, 0.2) is 10.8 Å². The number of amides is 2. The van der Waals surface area contributed by atoms with Crippen molar-refractivity contribution in [1.29, 1.82) is 0 Å². The first-order valence-corrected chi connectivity index (χ1v) is 12.9. The summed E-state index contributed by atoms with van der Waals surface area (Å²) in [6.45, 7) is 0. The number of aliphatic carboxylic acids is 1. The van der Waals surface area contributed by atoms with Gasteiger partial charge in [-0.15, -0.1) is 23.1 Å². The van der Waals surface area contributed by atoms with E-state index in [4.69, 9.17) is 10.6 Å². The zero-order chi connectivity index (χ0) is 26.1. The topological polar surface area (TPSA) is 217 Å². The Kier molecular flexibility index (Phi) is 7.18. The zero-order valence-corrected chi connectivity index (χ0v) is 21.1. The SMILES string of the molecule is CO/N=C(/C(=O)N[C@H]1C(=O)N2C(C(=O)O)=C(CSc3[nH]c(=O)c(=O)[nH][n+]3C)CS[C@H]12)c1csc(N)n1. The first-order chi connectivity index (χ1) is 17.1. The summed E-state index contributed by atoms with van der Waals surface area (Å²) in [5.74, 6) is -2.23.